The van der Waals surface area contributed by atoms with Crippen molar-refractivity contribution in [2.45, 2.75) is 58.8 Å². The number of nitrogens with two attached hydrogens (primary N) is 1. The molecule has 0 aliphatic heterocycles. The van der Waals surface area contributed by atoms with E-state index in [9.17, 15) is 0 Å². The molecule has 0 saturated heterocycles. The number of aromatic amines is 1. The third-order valence-electron chi connectivity index (χ3n) is 2.68. The Morgan fingerprint density at radius 1 is 1.27 bits per heavy atom. The number of nitrogens with one attached hydrogen (secondary N) is 1. The van der Waals surface area contributed by atoms with Crippen LogP contribution in [0.5, 0.6) is 0 Å². The van der Waals surface area contributed by atoms with Gasteiger partial charge in [0.05, 0.1) is 0 Å². The van der Waals surface area contributed by atoms with Crippen LogP contribution in [-0.4, -0.2) is 10.2 Å². The largest absolute Gasteiger partial charge is 0.382 e. The molecule has 1 aromatic rings. The van der Waals surface area contributed by atoms with Gasteiger partial charge in [0.1, 0.15) is 5.82 Å². The Labute approximate surface area is 92.5 Å². The van der Waals surface area contributed by atoms with E-state index in [0.717, 1.165) is 6.42 Å². The number of nitrogens with zero attached hydrogens (tertiary/aromatic N) is 1. The first-order chi connectivity index (χ1) is 6.96. The minimum absolute atomic E-state index is 0.103. The van der Waals surface area contributed by atoms with Crippen molar-refractivity contribution in [3.05, 3.63) is 11.3 Å². The van der Waals surface area contributed by atoms with Gasteiger partial charge in [0.25, 0.3) is 0 Å². The van der Waals surface area contributed by atoms with Gasteiger partial charge < -0.3 is 5.73 Å². The summed E-state index contributed by atoms with van der Waals surface area (Å²) in [4.78, 5) is 0. The Morgan fingerprint density at radius 3 is 2.47 bits per heavy atom. The van der Waals surface area contributed by atoms with Crippen LogP contribution < -0.4 is 5.73 Å². The summed E-state index contributed by atoms with van der Waals surface area (Å²) in [5.41, 5.74) is 8.39. The van der Waals surface area contributed by atoms with Gasteiger partial charge in [-0.15, -0.1) is 0 Å². The molecule has 0 aromatic carbocycles. The minimum atomic E-state index is 0.103. The normalized spacial score (nSPS) is 12.0. The average Bonchev–Trinajstić information content (AvgIpc) is 2.48. The van der Waals surface area contributed by atoms with Crippen LogP contribution in [-0.2, 0) is 11.8 Å². The van der Waals surface area contributed by atoms with Crippen molar-refractivity contribution in [2.75, 3.05) is 5.73 Å². The van der Waals surface area contributed by atoms with Gasteiger partial charge >= 0.3 is 0 Å². The predicted octanol–water partition coefficient (Wildman–Crippen LogP) is 3.02. The van der Waals surface area contributed by atoms with Gasteiger partial charge in [-0.25, -0.2) is 0 Å². The quantitative estimate of drug-likeness (QED) is 0.749. The lowest BCUT2D eigenvalue weighted by Crippen LogP contribution is -2.14. The van der Waals surface area contributed by atoms with Crippen molar-refractivity contribution in [1.82, 2.24) is 10.2 Å². The molecular formula is C12H23N3. The Balaban J connectivity index is 2.80. The van der Waals surface area contributed by atoms with Crippen molar-refractivity contribution in [1.29, 1.82) is 0 Å². The fourth-order valence-corrected chi connectivity index (χ4v) is 1.80. The van der Waals surface area contributed by atoms with Gasteiger partial charge in [-0.3, -0.25) is 5.10 Å². The van der Waals surface area contributed by atoms with Crippen molar-refractivity contribution >= 4 is 5.82 Å². The molecular weight excluding hydrogens is 186 g/mol. The highest BCUT2D eigenvalue weighted by Crippen LogP contribution is 2.28. The van der Waals surface area contributed by atoms with E-state index >= 15 is 0 Å². The summed E-state index contributed by atoms with van der Waals surface area (Å²) in [5, 5.41) is 7.18. The fourth-order valence-electron chi connectivity index (χ4n) is 1.80. The molecule has 0 radical (unpaired) electrons. The lowest BCUT2D eigenvalue weighted by molar-refractivity contribution is 0.557. The second-order valence-electron chi connectivity index (χ2n) is 5.17. The summed E-state index contributed by atoms with van der Waals surface area (Å²) in [6.45, 7) is 8.76. The Morgan fingerprint density at radius 2 is 1.93 bits per heavy atom. The topological polar surface area (TPSA) is 54.7 Å². The maximum Gasteiger partial charge on any atom is 0.148 e. The molecule has 0 amide bonds. The van der Waals surface area contributed by atoms with E-state index in [4.69, 9.17) is 5.73 Å². The Kier molecular flexibility index (Phi) is 3.77. The van der Waals surface area contributed by atoms with Crippen LogP contribution in [0.1, 0.15) is 58.2 Å². The highest BCUT2D eigenvalue weighted by atomic mass is 15.2. The molecule has 86 valence electrons. The molecule has 0 atom stereocenters. The van der Waals surface area contributed by atoms with Gasteiger partial charge in [0.15, 0.2) is 0 Å². The fraction of sp³-hybridized carbons (Fsp3) is 0.750. The summed E-state index contributed by atoms with van der Waals surface area (Å²) < 4.78 is 0. The second-order valence-corrected chi connectivity index (χ2v) is 5.17. The summed E-state index contributed by atoms with van der Waals surface area (Å²) in [6.07, 6.45) is 4.74. The van der Waals surface area contributed by atoms with Crippen LogP contribution in [0.4, 0.5) is 5.82 Å². The molecule has 1 heterocycles. The number of rotatable bonds is 4. The maximum absolute atomic E-state index is 5.88. The molecule has 0 unspecified atom stereocenters. The number of nitrogen functional groups attached to an aromatic ring is 1. The van der Waals surface area contributed by atoms with Crippen LogP contribution in [0.3, 0.4) is 0 Å². The van der Waals surface area contributed by atoms with E-state index in [1.807, 2.05) is 0 Å². The molecule has 0 saturated carbocycles. The molecule has 0 spiro atoms. The zero-order valence-electron chi connectivity index (χ0n) is 10.4. The van der Waals surface area contributed by atoms with Crippen molar-refractivity contribution in [3.63, 3.8) is 0 Å². The number of hydrogen-bond donors (Lipinski definition) is 2. The molecule has 0 aliphatic carbocycles. The van der Waals surface area contributed by atoms with Crippen LogP contribution >= 0.6 is 0 Å². The highest BCUT2D eigenvalue weighted by molar-refractivity contribution is 5.44. The monoisotopic (exact) mass is 209 g/mol. The molecule has 3 N–H and O–H groups in total. The molecule has 0 aliphatic rings. The van der Waals surface area contributed by atoms with Crippen LogP contribution in [0.2, 0.25) is 0 Å². The minimum Gasteiger partial charge on any atom is -0.382 e. The van der Waals surface area contributed by atoms with Crippen molar-refractivity contribution < 1.29 is 0 Å². The lowest BCUT2D eigenvalue weighted by atomic mass is 9.88. The summed E-state index contributed by atoms with van der Waals surface area (Å²) in [5.74, 6) is 0.677. The number of hydrogen-bond acceptors (Lipinski definition) is 2. The van der Waals surface area contributed by atoms with E-state index < -0.39 is 0 Å². The SMILES string of the molecule is CCCCCc1c(N)n[nH]c1C(C)(C)C. The molecule has 1 aromatic heterocycles. The molecule has 3 heteroatoms. The number of anilines is 1. The molecule has 15 heavy (non-hydrogen) atoms. The number of H-pyrrole nitrogens is 1. The Bertz CT molecular complexity index is 307. The third kappa shape index (κ3) is 2.98. The summed E-state index contributed by atoms with van der Waals surface area (Å²) in [7, 11) is 0. The van der Waals surface area contributed by atoms with Crippen molar-refractivity contribution in [2.24, 2.45) is 0 Å². The van der Waals surface area contributed by atoms with E-state index in [0.29, 0.717) is 5.82 Å². The highest BCUT2D eigenvalue weighted by Gasteiger charge is 2.22. The van der Waals surface area contributed by atoms with Crippen LogP contribution in [0, 0.1) is 0 Å². The number of unbranched alkanes of at least 4 members (excludes halogenated alkanes) is 2. The lowest BCUT2D eigenvalue weighted by Gasteiger charge is -2.18. The number of aromatic nitrogens is 2. The Hall–Kier alpha value is -0.990. The standard InChI is InChI=1S/C12H23N3/c1-5-6-7-8-9-10(12(2,3)4)14-15-11(9)13/h5-8H2,1-4H3,(H3,13,14,15). The van der Waals surface area contributed by atoms with Crippen molar-refractivity contribution in [3.8, 4) is 0 Å². The van der Waals surface area contributed by atoms with E-state index in [-0.39, 0.29) is 5.41 Å². The third-order valence-corrected chi connectivity index (χ3v) is 2.68. The maximum atomic E-state index is 5.88. The summed E-state index contributed by atoms with van der Waals surface area (Å²) >= 11 is 0. The zero-order valence-corrected chi connectivity index (χ0v) is 10.4. The van der Waals surface area contributed by atoms with Gasteiger partial charge in [0, 0.05) is 16.7 Å². The second kappa shape index (κ2) is 4.69. The van der Waals surface area contributed by atoms with E-state index in [1.165, 1.54) is 30.5 Å². The first kappa shape index (κ1) is 12.1. The van der Waals surface area contributed by atoms with E-state index in [2.05, 4.69) is 37.9 Å². The first-order valence-electron chi connectivity index (χ1n) is 5.80. The zero-order chi connectivity index (χ0) is 11.5. The van der Waals surface area contributed by atoms with Crippen LogP contribution in [0.15, 0.2) is 0 Å². The summed E-state index contributed by atoms with van der Waals surface area (Å²) in [6, 6.07) is 0. The predicted molar refractivity (Wildman–Crippen MR) is 64.9 cm³/mol. The smallest absolute Gasteiger partial charge is 0.148 e. The first-order valence-corrected chi connectivity index (χ1v) is 5.80. The van der Waals surface area contributed by atoms with Gasteiger partial charge in [-0.05, 0) is 12.8 Å². The molecule has 0 fully saturated rings. The molecule has 0 bridgehead atoms. The molecule has 3 nitrogen and oxygen atoms in total. The van der Waals surface area contributed by atoms with E-state index in [1.54, 1.807) is 0 Å². The van der Waals surface area contributed by atoms with Gasteiger partial charge in [0.2, 0.25) is 0 Å². The van der Waals surface area contributed by atoms with Gasteiger partial charge in [-0.1, -0.05) is 40.5 Å². The average molecular weight is 209 g/mol. The van der Waals surface area contributed by atoms with Gasteiger partial charge in [-0.2, -0.15) is 5.10 Å². The van der Waals surface area contributed by atoms with Crippen LogP contribution in [0.25, 0.3) is 0 Å². The molecule has 1 rings (SSSR count).